The second-order valence-corrected chi connectivity index (χ2v) is 4.75. The lowest BCUT2D eigenvalue weighted by atomic mass is 10.1. The zero-order valence-corrected chi connectivity index (χ0v) is 11.7. The van der Waals surface area contributed by atoms with E-state index >= 15 is 0 Å². The molecule has 0 heterocycles. The molecule has 7 heteroatoms. The number of benzene rings is 2. The maximum atomic E-state index is 12.8. The normalized spacial score (nSPS) is 10.9. The molecule has 2 aromatic carbocycles. The van der Waals surface area contributed by atoms with E-state index in [1.807, 2.05) is 6.07 Å². The molecular formula is C15H8ClF3N2O. The highest BCUT2D eigenvalue weighted by Crippen LogP contribution is 2.36. The van der Waals surface area contributed by atoms with E-state index in [1.165, 1.54) is 30.3 Å². The minimum Gasteiger partial charge on any atom is -0.322 e. The van der Waals surface area contributed by atoms with Crippen molar-refractivity contribution in [3.63, 3.8) is 0 Å². The molecule has 0 aromatic heterocycles. The van der Waals surface area contributed by atoms with Crippen LogP contribution in [0, 0.1) is 11.3 Å². The lowest BCUT2D eigenvalue weighted by Gasteiger charge is -2.11. The van der Waals surface area contributed by atoms with Gasteiger partial charge in [-0.1, -0.05) is 17.7 Å². The van der Waals surface area contributed by atoms with Crippen LogP contribution < -0.4 is 5.32 Å². The summed E-state index contributed by atoms with van der Waals surface area (Å²) in [5.41, 5.74) is -0.621. The summed E-state index contributed by atoms with van der Waals surface area (Å²) >= 11 is 5.51. The Kier molecular flexibility index (Phi) is 4.38. The van der Waals surface area contributed by atoms with Crippen molar-refractivity contribution >= 4 is 23.2 Å². The molecule has 2 rings (SSSR count). The summed E-state index contributed by atoms with van der Waals surface area (Å²) in [7, 11) is 0. The number of hydrogen-bond acceptors (Lipinski definition) is 2. The number of hydrogen-bond donors (Lipinski definition) is 1. The first-order valence-corrected chi connectivity index (χ1v) is 6.37. The molecule has 0 fully saturated rings. The quantitative estimate of drug-likeness (QED) is 0.885. The third-order valence-corrected chi connectivity index (χ3v) is 3.11. The van der Waals surface area contributed by atoms with Gasteiger partial charge in [0.2, 0.25) is 0 Å². The van der Waals surface area contributed by atoms with Gasteiger partial charge in [-0.25, -0.2) is 0 Å². The summed E-state index contributed by atoms with van der Waals surface area (Å²) < 4.78 is 38.3. The van der Waals surface area contributed by atoms with Crippen LogP contribution in [-0.4, -0.2) is 5.91 Å². The number of carbonyl (C=O) groups is 1. The highest BCUT2D eigenvalue weighted by atomic mass is 35.5. The summed E-state index contributed by atoms with van der Waals surface area (Å²) in [6.45, 7) is 0. The van der Waals surface area contributed by atoms with Crippen molar-refractivity contribution in [2.24, 2.45) is 0 Å². The van der Waals surface area contributed by atoms with Crippen molar-refractivity contribution in [3.05, 3.63) is 64.2 Å². The van der Waals surface area contributed by atoms with Gasteiger partial charge in [0.25, 0.3) is 5.91 Å². The standard InChI is InChI=1S/C15H8ClF3N2O/c16-13-5-4-11(7-12(13)15(17,18)19)21-14(22)10-3-1-2-9(6-10)8-20/h1-7H,(H,21,22). The van der Waals surface area contributed by atoms with Gasteiger partial charge < -0.3 is 5.32 Å². The molecule has 112 valence electrons. The summed E-state index contributed by atoms with van der Waals surface area (Å²) in [6, 6.07) is 10.8. The lowest BCUT2D eigenvalue weighted by Crippen LogP contribution is -2.13. The Morgan fingerprint density at radius 3 is 2.55 bits per heavy atom. The number of carbonyl (C=O) groups excluding carboxylic acids is 1. The summed E-state index contributed by atoms with van der Waals surface area (Å²) in [5, 5.41) is 10.7. The molecule has 0 atom stereocenters. The highest BCUT2D eigenvalue weighted by Gasteiger charge is 2.33. The Balaban J connectivity index is 2.27. The Bertz CT molecular complexity index is 766. The highest BCUT2D eigenvalue weighted by molar-refractivity contribution is 6.31. The van der Waals surface area contributed by atoms with Crippen LogP contribution in [0.25, 0.3) is 0 Å². The fourth-order valence-corrected chi connectivity index (χ4v) is 1.98. The fraction of sp³-hybridized carbons (Fsp3) is 0.0667. The smallest absolute Gasteiger partial charge is 0.322 e. The number of rotatable bonds is 2. The Morgan fingerprint density at radius 2 is 1.91 bits per heavy atom. The van der Waals surface area contributed by atoms with Gasteiger partial charge in [-0.15, -0.1) is 0 Å². The first-order valence-electron chi connectivity index (χ1n) is 5.99. The molecule has 0 aliphatic heterocycles. The van der Waals surface area contributed by atoms with Gasteiger partial charge in [0.1, 0.15) is 0 Å². The van der Waals surface area contributed by atoms with Gasteiger partial charge in [-0.3, -0.25) is 4.79 Å². The second-order valence-electron chi connectivity index (χ2n) is 4.34. The monoisotopic (exact) mass is 324 g/mol. The van der Waals surface area contributed by atoms with E-state index in [1.54, 1.807) is 0 Å². The van der Waals surface area contributed by atoms with Gasteiger partial charge in [-0.05, 0) is 36.4 Å². The number of anilines is 1. The maximum absolute atomic E-state index is 12.8. The number of alkyl halides is 3. The zero-order valence-electron chi connectivity index (χ0n) is 10.9. The largest absolute Gasteiger partial charge is 0.417 e. The molecule has 0 spiro atoms. The molecule has 1 N–H and O–H groups in total. The summed E-state index contributed by atoms with van der Waals surface area (Å²) in [5.74, 6) is -0.618. The predicted molar refractivity (Wildman–Crippen MR) is 75.6 cm³/mol. The second kappa shape index (κ2) is 6.08. The minimum absolute atomic E-state index is 0.0379. The predicted octanol–water partition coefficient (Wildman–Crippen LogP) is 4.48. The first-order chi connectivity index (χ1) is 10.3. The van der Waals surface area contributed by atoms with Crippen LogP contribution >= 0.6 is 11.6 Å². The number of nitriles is 1. The molecule has 0 bridgehead atoms. The lowest BCUT2D eigenvalue weighted by molar-refractivity contribution is -0.137. The Labute approximate surface area is 128 Å². The Morgan fingerprint density at radius 1 is 1.18 bits per heavy atom. The molecule has 22 heavy (non-hydrogen) atoms. The third kappa shape index (κ3) is 3.57. The van der Waals surface area contributed by atoms with E-state index in [9.17, 15) is 18.0 Å². The molecule has 0 unspecified atom stereocenters. The van der Waals surface area contributed by atoms with Crippen molar-refractivity contribution in [3.8, 4) is 6.07 Å². The van der Waals surface area contributed by atoms with E-state index in [-0.39, 0.29) is 16.8 Å². The van der Waals surface area contributed by atoms with E-state index < -0.39 is 22.7 Å². The first kappa shape index (κ1) is 15.9. The van der Waals surface area contributed by atoms with E-state index in [0.29, 0.717) is 0 Å². The number of halogens is 4. The topological polar surface area (TPSA) is 52.9 Å². The van der Waals surface area contributed by atoms with Crippen LogP contribution in [0.5, 0.6) is 0 Å². The van der Waals surface area contributed by atoms with Crippen LogP contribution in [0.4, 0.5) is 18.9 Å². The van der Waals surface area contributed by atoms with E-state index in [2.05, 4.69) is 5.32 Å². The van der Waals surface area contributed by atoms with Crippen LogP contribution in [0.1, 0.15) is 21.5 Å². The molecule has 2 aromatic rings. The van der Waals surface area contributed by atoms with Crippen molar-refractivity contribution in [2.45, 2.75) is 6.18 Å². The van der Waals surface area contributed by atoms with Gasteiger partial charge >= 0.3 is 6.18 Å². The summed E-state index contributed by atoms with van der Waals surface area (Å²) in [6.07, 6.45) is -4.61. The molecular weight excluding hydrogens is 317 g/mol. The van der Waals surface area contributed by atoms with Crippen LogP contribution in [0.3, 0.4) is 0 Å². The minimum atomic E-state index is -4.61. The number of nitrogens with zero attached hydrogens (tertiary/aromatic N) is 1. The molecule has 0 aliphatic carbocycles. The Hall–Kier alpha value is -2.52. The number of nitrogens with one attached hydrogen (secondary N) is 1. The van der Waals surface area contributed by atoms with E-state index in [4.69, 9.17) is 16.9 Å². The third-order valence-electron chi connectivity index (χ3n) is 2.78. The SMILES string of the molecule is N#Cc1cccc(C(=O)Nc2ccc(Cl)c(C(F)(F)F)c2)c1. The van der Waals surface area contributed by atoms with Crippen LogP contribution in [0.15, 0.2) is 42.5 Å². The molecule has 0 saturated heterocycles. The maximum Gasteiger partial charge on any atom is 0.417 e. The molecule has 3 nitrogen and oxygen atoms in total. The van der Waals surface area contributed by atoms with Crippen LogP contribution in [-0.2, 0) is 6.18 Å². The van der Waals surface area contributed by atoms with Crippen molar-refractivity contribution in [1.29, 1.82) is 5.26 Å². The average Bonchev–Trinajstić information content (AvgIpc) is 2.48. The van der Waals surface area contributed by atoms with Crippen molar-refractivity contribution < 1.29 is 18.0 Å². The van der Waals surface area contributed by atoms with E-state index in [0.717, 1.165) is 12.1 Å². The van der Waals surface area contributed by atoms with Gasteiger partial charge in [0.05, 0.1) is 22.2 Å². The zero-order chi connectivity index (χ0) is 16.3. The number of amides is 1. The van der Waals surface area contributed by atoms with Gasteiger partial charge in [0.15, 0.2) is 0 Å². The molecule has 1 amide bonds. The van der Waals surface area contributed by atoms with Gasteiger partial charge in [-0.2, -0.15) is 18.4 Å². The average molecular weight is 325 g/mol. The summed E-state index contributed by atoms with van der Waals surface area (Å²) in [4.78, 5) is 12.0. The van der Waals surface area contributed by atoms with Gasteiger partial charge in [0, 0.05) is 11.3 Å². The van der Waals surface area contributed by atoms with Crippen molar-refractivity contribution in [2.75, 3.05) is 5.32 Å². The fourth-order valence-electron chi connectivity index (χ4n) is 1.75. The molecule has 0 saturated carbocycles. The van der Waals surface area contributed by atoms with Crippen molar-refractivity contribution in [1.82, 2.24) is 0 Å². The molecule has 0 aliphatic rings. The molecule has 0 radical (unpaired) electrons. The van der Waals surface area contributed by atoms with Crippen LogP contribution in [0.2, 0.25) is 5.02 Å².